The van der Waals surface area contributed by atoms with Crippen LogP contribution in [0.3, 0.4) is 0 Å². The van der Waals surface area contributed by atoms with Crippen molar-refractivity contribution in [2.24, 2.45) is 11.8 Å². The minimum Gasteiger partial charge on any atom is -0.393 e. The number of nitrogens with zero attached hydrogens (tertiary/aromatic N) is 1. The first-order chi connectivity index (χ1) is 6.46. The molecule has 2 fully saturated rings. The fraction of sp³-hybridized carbons (Fsp3) is 1.00. The van der Waals surface area contributed by atoms with Crippen LogP contribution < -0.4 is 0 Å². The highest BCUT2D eigenvalue weighted by Crippen LogP contribution is 2.38. The molecule has 3 unspecified atom stereocenters. The van der Waals surface area contributed by atoms with Gasteiger partial charge in [0.25, 0.3) is 0 Å². The molecule has 2 rings (SSSR count). The van der Waals surface area contributed by atoms with Crippen LogP contribution in [-0.4, -0.2) is 46.5 Å². The van der Waals surface area contributed by atoms with E-state index < -0.39 is 5.60 Å². The molecule has 0 aromatic carbocycles. The van der Waals surface area contributed by atoms with Gasteiger partial charge in [0.1, 0.15) is 0 Å². The highest BCUT2D eigenvalue weighted by atomic mass is 16.3. The Hall–Kier alpha value is -0.120. The highest BCUT2D eigenvalue weighted by molar-refractivity contribution is 4.94. The first kappa shape index (κ1) is 10.4. The molecule has 1 aliphatic heterocycles. The molecule has 1 saturated carbocycles. The second kappa shape index (κ2) is 3.47. The van der Waals surface area contributed by atoms with E-state index in [1.54, 1.807) is 0 Å². The summed E-state index contributed by atoms with van der Waals surface area (Å²) in [6, 6.07) is 0. The van der Waals surface area contributed by atoms with Crippen molar-refractivity contribution in [2.45, 2.75) is 38.4 Å². The van der Waals surface area contributed by atoms with Crippen molar-refractivity contribution in [3.63, 3.8) is 0 Å². The Morgan fingerprint density at radius 1 is 1.29 bits per heavy atom. The molecule has 3 nitrogen and oxygen atoms in total. The Kier molecular flexibility index (Phi) is 2.58. The smallest absolute Gasteiger partial charge is 0.0718 e. The van der Waals surface area contributed by atoms with Gasteiger partial charge in [0.15, 0.2) is 0 Å². The van der Waals surface area contributed by atoms with Crippen LogP contribution in [0.15, 0.2) is 0 Å². The van der Waals surface area contributed by atoms with E-state index in [1.807, 2.05) is 13.8 Å². The average Bonchev–Trinajstić information content (AvgIpc) is 2.51. The molecule has 0 amide bonds. The summed E-state index contributed by atoms with van der Waals surface area (Å²) in [6.45, 7) is 6.45. The van der Waals surface area contributed by atoms with E-state index in [0.717, 1.165) is 32.5 Å². The molecular formula is C11H21NO2. The number of β-amino-alcohol motifs (C(OH)–C–C–N with tert-alkyl or cyclic N) is 1. The minimum atomic E-state index is -0.608. The second-order valence-electron chi connectivity index (χ2n) is 5.58. The van der Waals surface area contributed by atoms with Gasteiger partial charge in [-0.2, -0.15) is 0 Å². The molecule has 0 aromatic heterocycles. The number of aliphatic hydroxyl groups excluding tert-OH is 1. The van der Waals surface area contributed by atoms with E-state index in [-0.39, 0.29) is 6.10 Å². The van der Waals surface area contributed by atoms with Gasteiger partial charge < -0.3 is 10.2 Å². The van der Waals surface area contributed by atoms with Gasteiger partial charge in [0, 0.05) is 25.6 Å². The van der Waals surface area contributed by atoms with E-state index in [4.69, 9.17) is 0 Å². The molecule has 0 bridgehead atoms. The highest BCUT2D eigenvalue weighted by Gasteiger charge is 2.42. The van der Waals surface area contributed by atoms with E-state index in [1.165, 1.54) is 0 Å². The van der Waals surface area contributed by atoms with E-state index in [9.17, 15) is 10.2 Å². The molecule has 82 valence electrons. The van der Waals surface area contributed by atoms with Crippen LogP contribution >= 0.6 is 0 Å². The largest absolute Gasteiger partial charge is 0.393 e. The van der Waals surface area contributed by atoms with Crippen LogP contribution in [-0.2, 0) is 0 Å². The molecule has 3 heteroatoms. The maximum absolute atomic E-state index is 9.73. The number of rotatable bonds is 2. The van der Waals surface area contributed by atoms with Crippen molar-refractivity contribution in [3.05, 3.63) is 0 Å². The lowest BCUT2D eigenvalue weighted by Crippen LogP contribution is -2.38. The van der Waals surface area contributed by atoms with Gasteiger partial charge >= 0.3 is 0 Å². The number of hydrogen-bond acceptors (Lipinski definition) is 3. The quantitative estimate of drug-likeness (QED) is 0.679. The first-order valence-electron chi connectivity index (χ1n) is 5.58. The maximum Gasteiger partial charge on any atom is 0.0718 e. The third kappa shape index (κ3) is 2.10. The lowest BCUT2D eigenvalue weighted by Gasteiger charge is -2.26. The van der Waals surface area contributed by atoms with Gasteiger partial charge in [-0.15, -0.1) is 0 Å². The van der Waals surface area contributed by atoms with Gasteiger partial charge in [-0.1, -0.05) is 0 Å². The van der Waals surface area contributed by atoms with Gasteiger partial charge in [-0.25, -0.2) is 0 Å². The zero-order chi connectivity index (χ0) is 10.3. The molecule has 2 N–H and O–H groups in total. The zero-order valence-corrected chi connectivity index (χ0v) is 9.11. The maximum atomic E-state index is 9.73. The third-order valence-corrected chi connectivity index (χ3v) is 3.51. The molecular weight excluding hydrogens is 178 g/mol. The van der Waals surface area contributed by atoms with Crippen LogP contribution in [0.2, 0.25) is 0 Å². The molecule has 14 heavy (non-hydrogen) atoms. The van der Waals surface area contributed by atoms with Gasteiger partial charge in [0.2, 0.25) is 0 Å². The Labute approximate surface area is 85.7 Å². The first-order valence-corrected chi connectivity index (χ1v) is 5.58. The van der Waals surface area contributed by atoms with Crippen molar-refractivity contribution in [1.82, 2.24) is 4.90 Å². The predicted molar refractivity (Wildman–Crippen MR) is 55.0 cm³/mol. The monoisotopic (exact) mass is 199 g/mol. The number of hydrogen-bond donors (Lipinski definition) is 2. The molecule has 3 atom stereocenters. The Morgan fingerprint density at radius 3 is 2.57 bits per heavy atom. The van der Waals surface area contributed by atoms with Crippen molar-refractivity contribution in [3.8, 4) is 0 Å². The van der Waals surface area contributed by atoms with Gasteiger partial charge in [0.05, 0.1) is 11.7 Å². The topological polar surface area (TPSA) is 43.7 Å². The molecule has 1 heterocycles. The fourth-order valence-electron chi connectivity index (χ4n) is 3.01. The summed E-state index contributed by atoms with van der Waals surface area (Å²) in [6.07, 6.45) is 2.05. The van der Waals surface area contributed by atoms with Crippen molar-refractivity contribution >= 4 is 0 Å². The Balaban J connectivity index is 1.90. The van der Waals surface area contributed by atoms with Gasteiger partial charge in [-0.05, 0) is 32.6 Å². The van der Waals surface area contributed by atoms with Crippen molar-refractivity contribution in [2.75, 3.05) is 19.6 Å². The standard InChI is InChI=1S/C11H21NO2/c1-11(2,14)7-12-5-8-3-4-10(13)9(8)6-12/h8-10,13-14H,3-7H2,1-2H3. The SMILES string of the molecule is CC(C)(O)CN1CC2CCC(O)C2C1. The Bertz CT molecular complexity index is 212. The number of likely N-dealkylation sites (tertiary alicyclic amines) is 1. The lowest BCUT2D eigenvalue weighted by molar-refractivity contribution is 0.0377. The third-order valence-electron chi connectivity index (χ3n) is 3.51. The van der Waals surface area contributed by atoms with Crippen molar-refractivity contribution < 1.29 is 10.2 Å². The lowest BCUT2D eigenvalue weighted by atomic mass is 10.00. The van der Waals surface area contributed by atoms with Crippen LogP contribution in [0.1, 0.15) is 26.7 Å². The molecule has 1 aliphatic carbocycles. The fourth-order valence-corrected chi connectivity index (χ4v) is 3.01. The van der Waals surface area contributed by atoms with Crippen LogP contribution in [0.4, 0.5) is 0 Å². The second-order valence-corrected chi connectivity index (χ2v) is 5.58. The number of aliphatic hydroxyl groups is 2. The molecule has 0 radical (unpaired) electrons. The summed E-state index contributed by atoms with van der Waals surface area (Å²) >= 11 is 0. The predicted octanol–water partition coefficient (Wildman–Crippen LogP) is 0.460. The summed E-state index contributed by atoms with van der Waals surface area (Å²) in [7, 11) is 0. The Morgan fingerprint density at radius 2 is 2.00 bits per heavy atom. The zero-order valence-electron chi connectivity index (χ0n) is 9.11. The van der Waals surface area contributed by atoms with E-state index in [2.05, 4.69) is 4.90 Å². The minimum absolute atomic E-state index is 0.0909. The summed E-state index contributed by atoms with van der Waals surface area (Å²) in [4.78, 5) is 2.29. The molecule has 0 aromatic rings. The summed E-state index contributed by atoms with van der Waals surface area (Å²) in [5.74, 6) is 1.14. The summed E-state index contributed by atoms with van der Waals surface area (Å²) in [5.41, 5.74) is -0.608. The molecule has 1 saturated heterocycles. The van der Waals surface area contributed by atoms with Crippen LogP contribution in [0.5, 0.6) is 0 Å². The average molecular weight is 199 g/mol. The summed E-state index contributed by atoms with van der Waals surface area (Å²) < 4.78 is 0. The van der Waals surface area contributed by atoms with Crippen LogP contribution in [0.25, 0.3) is 0 Å². The van der Waals surface area contributed by atoms with Crippen molar-refractivity contribution in [1.29, 1.82) is 0 Å². The van der Waals surface area contributed by atoms with E-state index >= 15 is 0 Å². The number of fused-ring (bicyclic) bond motifs is 1. The normalized spacial score (nSPS) is 39.0. The molecule has 0 spiro atoms. The molecule has 2 aliphatic rings. The van der Waals surface area contributed by atoms with Gasteiger partial charge in [-0.3, -0.25) is 4.90 Å². The summed E-state index contributed by atoms with van der Waals surface area (Å²) in [5, 5.41) is 19.4. The van der Waals surface area contributed by atoms with Crippen LogP contribution in [0, 0.1) is 11.8 Å². The van der Waals surface area contributed by atoms with E-state index in [0.29, 0.717) is 11.8 Å².